The first kappa shape index (κ1) is 10.3. The van der Waals surface area contributed by atoms with E-state index in [0.717, 1.165) is 18.2 Å². The highest BCUT2D eigenvalue weighted by atomic mass is 15.0. The summed E-state index contributed by atoms with van der Waals surface area (Å²) in [6.45, 7) is 6.10. The lowest BCUT2D eigenvalue weighted by atomic mass is 10.1. The van der Waals surface area contributed by atoms with Gasteiger partial charge in [0.1, 0.15) is 0 Å². The van der Waals surface area contributed by atoms with E-state index in [-0.39, 0.29) is 0 Å². The lowest BCUT2D eigenvalue weighted by molar-refractivity contribution is 0.512. The van der Waals surface area contributed by atoms with E-state index in [1.54, 1.807) is 0 Å². The fourth-order valence-corrected chi connectivity index (χ4v) is 1.32. The molecular formula is C10H19N3. The van der Waals surface area contributed by atoms with Crippen LogP contribution in [0.1, 0.15) is 32.4 Å². The van der Waals surface area contributed by atoms with Crippen LogP contribution in [0, 0.1) is 5.92 Å². The van der Waals surface area contributed by atoms with Crippen LogP contribution >= 0.6 is 0 Å². The Bertz CT molecular complexity index is 240. The lowest BCUT2D eigenvalue weighted by Crippen LogP contribution is -1.98. The first-order valence-corrected chi connectivity index (χ1v) is 4.93. The molecule has 1 rings (SSSR count). The van der Waals surface area contributed by atoms with Crippen LogP contribution in [0.4, 0.5) is 0 Å². The summed E-state index contributed by atoms with van der Waals surface area (Å²) in [7, 11) is 0. The smallest absolute Gasteiger partial charge is 0.0949 e. The van der Waals surface area contributed by atoms with Gasteiger partial charge in [0.2, 0.25) is 0 Å². The van der Waals surface area contributed by atoms with E-state index in [0.29, 0.717) is 6.54 Å². The van der Waals surface area contributed by atoms with E-state index in [1.807, 2.05) is 12.5 Å². The molecule has 13 heavy (non-hydrogen) atoms. The third kappa shape index (κ3) is 3.59. The number of hydrogen-bond acceptors (Lipinski definition) is 2. The maximum atomic E-state index is 5.46. The molecular weight excluding hydrogens is 162 g/mol. The topological polar surface area (TPSA) is 43.8 Å². The SMILES string of the molecule is CC(C)CCCn1cnc(CN)c1. The summed E-state index contributed by atoms with van der Waals surface area (Å²) in [6.07, 6.45) is 6.39. The molecule has 3 nitrogen and oxygen atoms in total. The van der Waals surface area contributed by atoms with Gasteiger partial charge in [-0.05, 0) is 18.8 Å². The van der Waals surface area contributed by atoms with Crippen LogP contribution in [0.25, 0.3) is 0 Å². The third-order valence-corrected chi connectivity index (χ3v) is 2.09. The molecule has 0 aliphatic heterocycles. The summed E-state index contributed by atoms with van der Waals surface area (Å²) in [6, 6.07) is 0. The average molecular weight is 181 g/mol. The maximum Gasteiger partial charge on any atom is 0.0949 e. The third-order valence-electron chi connectivity index (χ3n) is 2.09. The van der Waals surface area contributed by atoms with Crippen LogP contribution in [-0.4, -0.2) is 9.55 Å². The highest BCUT2D eigenvalue weighted by Gasteiger charge is 1.97. The highest BCUT2D eigenvalue weighted by Crippen LogP contribution is 2.05. The van der Waals surface area contributed by atoms with Gasteiger partial charge < -0.3 is 10.3 Å². The minimum absolute atomic E-state index is 0.539. The second kappa shape index (κ2) is 5.02. The maximum absolute atomic E-state index is 5.46. The van der Waals surface area contributed by atoms with Crippen molar-refractivity contribution >= 4 is 0 Å². The second-order valence-corrected chi connectivity index (χ2v) is 3.84. The van der Waals surface area contributed by atoms with Crippen molar-refractivity contribution in [3.8, 4) is 0 Å². The molecule has 0 unspecified atom stereocenters. The minimum Gasteiger partial charge on any atom is -0.337 e. The zero-order valence-electron chi connectivity index (χ0n) is 8.53. The van der Waals surface area contributed by atoms with Gasteiger partial charge in [-0.1, -0.05) is 13.8 Å². The monoisotopic (exact) mass is 181 g/mol. The van der Waals surface area contributed by atoms with E-state index < -0.39 is 0 Å². The Labute approximate surface area is 80.0 Å². The van der Waals surface area contributed by atoms with Crippen LogP contribution < -0.4 is 5.73 Å². The van der Waals surface area contributed by atoms with E-state index in [4.69, 9.17) is 5.73 Å². The summed E-state index contributed by atoms with van der Waals surface area (Å²) in [5, 5.41) is 0. The highest BCUT2D eigenvalue weighted by molar-refractivity contribution is 4.95. The lowest BCUT2D eigenvalue weighted by Gasteiger charge is -2.04. The molecule has 1 aromatic rings. The van der Waals surface area contributed by atoms with E-state index >= 15 is 0 Å². The van der Waals surface area contributed by atoms with Crippen LogP contribution in [0.15, 0.2) is 12.5 Å². The Morgan fingerprint density at radius 3 is 2.85 bits per heavy atom. The molecule has 0 saturated carbocycles. The molecule has 1 heterocycles. The van der Waals surface area contributed by atoms with E-state index in [2.05, 4.69) is 23.4 Å². The minimum atomic E-state index is 0.539. The number of nitrogens with zero attached hydrogens (tertiary/aromatic N) is 2. The number of aromatic nitrogens is 2. The molecule has 1 aromatic heterocycles. The molecule has 0 aliphatic rings. The molecule has 2 N–H and O–H groups in total. The second-order valence-electron chi connectivity index (χ2n) is 3.84. The molecule has 0 bridgehead atoms. The quantitative estimate of drug-likeness (QED) is 0.752. The van der Waals surface area contributed by atoms with Gasteiger partial charge in [-0.3, -0.25) is 0 Å². The predicted octanol–water partition coefficient (Wildman–Crippen LogP) is 1.78. The largest absolute Gasteiger partial charge is 0.337 e. The first-order chi connectivity index (χ1) is 6.22. The molecule has 0 fully saturated rings. The summed E-state index contributed by atoms with van der Waals surface area (Å²) in [5.74, 6) is 0.789. The van der Waals surface area contributed by atoms with Gasteiger partial charge in [0.25, 0.3) is 0 Å². The van der Waals surface area contributed by atoms with Crippen molar-refractivity contribution in [2.75, 3.05) is 0 Å². The zero-order valence-corrected chi connectivity index (χ0v) is 8.53. The average Bonchev–Trinajstić information content (AvgIpc) is 2.52. The fourth-order valence-electron chi connectivity index (χ4n) is 1.32. The van der Waals surface area contributed by atoms with Crippen molar-refractivity contribution < 1.29 is 0 Å². The van der Waals surface area contributed by atoms with Gasteiger partial charge in [0.05, 0.1) is 12.0 Å². The first-order valence-electron chi connectivity index (χ1n) is 4.93. The Morgan fingerprint density at radius 2 is 2.31 bits per heavy atom. The van der Waals surface area contributed by atoms with Gasteiger partial charge >= 0.3 is 0 Å². The Hall–Kier alpha value is -0.830. The van der Waals surface area contributed by atoms with Crippen molar-refractivity contribution in [3.63, 3.8) is 0 Å². The number of aryl methyl sites for hydroxylation is 1. The van der Waals surface area contributed by atoms with Crippen LogP contribution in [0.2, 0.25) is 0 Å². The molecule has 0 amide bonds. The molecule has 0 aliphatic carbocycles. The summed E-state index contributed by atoms with van der Waals surface area (Å²) >= 11 is 0. The van der Waals surface area contributed by atoms with Gasteiger partial charge in [-0.2, -0.15) is 0 Å². The zero-order chi connectivity index (χ0) is 9.68. The molecule has 0 atom stereocenters. The molecule has 0 saturated heterocycles. The molecule has 0 radical (unpaired) electrons. The van der Waals surface area contributed by atoms with Crippen molar-refractivity contribution in [2.45, 2.75) is 39.8 Å². The van der Waals surface area contributed by atoms with Gasteiger partial charge in [-0.25, -0.2) is 4.98 Å². The van der Waals surface area contributed by atoms with Crippen molar-refractivity contribution in [1.82, 2.24) is 9.55 Å². The Kier molecular flexibility index (Phi) is 3.96. The summed E-state index contributed by atoms with van der Waals surface area (Å²) in [4.78, 5) is 4.17. The number of rotatable bonds is 5. The number of hydrogen-bond donors (Lipinski definition) is 1. The van der Waals surface area contributed by atoms with Crippen LogP contribution in [-0.2, 0) is 13.1 Å². The number of imidazole rings is 1. The number of nitrogens with two attached hydrogens (primary N) is 1. The Morgan fingerprint density at radius 1 is 1.54 bits per heavy atom. The van der Waals surface area contributed by atoms with Crippen molar-refractivity contribution in [3.05, 3.63) is 18.2 Å². The van der Waals surface area contributed by atoms with Gasteiger partial charge in [0, 0.05) is 19.3 Å². The normalized spacial score (nSPS) is 11.1. The van der Waals surface area contributed by atoms with E-state index in [1.165, 1.54) is 12.8 Å². The van der Waals surface area contributed by atoms with Crippen molar-refractivity contribution in [2.24, 2.45) is 11.7 Å². The molecule has 0 spiro atoms. The molecule has 74 valence electrons. The molecule has 3 heteroatoms. The predicted molar refractivity (Wildman–Crippen MR) is 54.2 cm³/mol. The standard InChI is InChI=1S/C10H19N3/c1-9(2)4-3-5-13-7-10(6-11)12-8-13/h7-9H,3-6,11H2,1-2H3. The van der Waals surface area contributed by atoms with Crippen LogP contribution in [0.3, 0.4) is 0 Å². The molecule has 0 aromatic carbocycles. The summed E-state index contributed by atoms with van der Waals surface area (Å²) in [5.41, 5.74) is 6.44. The van der Waals surface area contributed by atoms with Crippen molar-refractivity contribution in [1.29, 1.82) is 0 Å². The van der Waals surface area contributed by atoms with E-state index in [9.17, 15) is 0 Å². The van der Waals surface area contributed by atoms with Crippen LogP contribution in [0.5, 0.6) is 0 Å². The summed E-state index contributed by atoms with van der Waals surface area (Å²) < 4.78 is 2.12. The Balaban J connectivity index is 2.28. The van der Waals surface area contributed by atoms with Gasteiger partial charge in [-0.15, -0.1) is 0 Å². The fraction of sp³-hybridized carbons (Fsp3) is 0.700. The van der Waals surface area contributed by atoms with Gasteiger partial charge in [0.15, 0.2) is 0 Å².